The van der Waals surface area contributed by atoms with Gasteiger partial charge in [-0.3, -0.25) is 0 Å². The Morgan fingerprint density at radius 3 is 0.690 bits per heavy atom. The van der Waals surface area contributed by atoms with Crippen molar-refractivity contribution in [3.05, 3.63) is 0 Å². The zero-order chi connectivity index (χ0) is 30.3. The highest BCUT2D eigenvalue weighted by Gasteiger charge is 2.33. The molecular weight excluding hydrogens is 538 g/mol. The zero-order valence-electron chi connectivity index (χ0n) is 29.3. The average molecular weight is 614 g/mol. The average Bonchev–Trinajstić information content (AvgIpc) is 2.96. The summed E-state index contributed by atoms with van der Waals surface area (Å²) in [7, 11) is 3.61. The van der Waals surface area contributed by atoms with Crippen LogP contribution in [0.3, 0.4) is 0 Å². The highest BCUT2D eigenvalue weighted by Crippen LogP contribution is 2.17. The number of carbonyl (C=O) groups excluding carboxylic acids is 2. The lowest BCUT2D eigenvalue weighted by atomic mass is 10.0. The molecule has 0 heterocycles. The number of hydrogen-bond donors (Lipinski definition) is 0. The third-order valence-electron chi connectivity index (χ3n) is 9.24. The minimum atomic E-state index is -0.0583. The van der Waals surface area contributed by atoms with Gasteiger partial charge < -0.3 is 12.4 Å². The Balaban J connectivity index is 0. The van der Waals surface area contributed by atoms with Crippen LogP contribution < -0.4 is 12.4 Å². The van der Waals surface area contributed by atoms with E-state index in [4.69, 9.17) is 0 Å². The van der Waals surface area contributed by atoms with Gasteiger partial charge in [0.2, 0.25) is 0 Å². The lowest BCUT2D eigenvalue weighted by Crippen LogP contribution is -3.00. The molecule has 2 amide bonds. The van der Waals surface area contributed by atoms with Crippen molar-refractivity contribution in [3.63, 3.8) is 0 Å². The maximum Gasteiger partial charge on any atom is 0.320 e. The first-order chi connectivity index (χ1) is 20.0. The third kappa shape index (κ3) is 28.4. The molecule has 0 aromatic heterocycles. The smallest absolute Gasteiger partial charge is 0.320 e. The molecule has 0 aliphatic rings. The summed E-state index contributed by atoms with van der Waals surface area (Å²) < 4.78 is -0.0583. The number of hydrogen-bond acceptors (Lipinski definition) is 2. The van der Waals surface area contributed by atoms with Gasteiger partial charge in [0.1, 0.15) is 0 Å². The summed E-state index contributed by atoms with van der Waals surface area (Å²) in [6.45, 7) is 4.57. The number of nitrogens with zero attached hydrogens (tertiary/aromatic N) is 1. The van der Waals surface area contributed by atoms with Gasteiger partial charge in [-0.2, -0.15) is 0 Å². The fourth-order valence-corrected chi connectivity index (χ4v) is 5.99. The second-order valence-electron chi connectivity index (χ2n) is 13.6. The minimum Gasteiger partial charge on any atom is -1.00 e. The molecule has 42 heavy (non-hydrogen) atoms. The number of amides is 2. The molecule has 0 aromatic carbocycles. The number of quaternary nitrogens is 1. The molecule has 0 aliphatic heterocycles. The molecule has 0 rings (SSSR count). The summed E-state index contributed by atoms with van der Waals surface area (Å²) in [5.41, 5.74) is 0. The van der Waals surface area contributed by atoms with Crippen LogP contribution in [0.4, 0.5) is 0 Å². The van der Waals surface area contributed by atoms with Crippen LogP contribution in [0.15, 0.2) is 0 Å². The number of rotatable bonds is 32. The van der Waals surface area contributed by atoms with E-state index >= 15 is 0 Å². The molecule has 0 saturated heterocycles. The van der Waals surface area contributed by atoms with Crippen LogP contribution in [0, 0.1) is 0 Å². The molecule has 4 heteroatoms. The van der Waals surface area contributed by atoms with Gasteiger partial charge in [0, 0.05) is 0 Å². The van der Waals surface area contributed by atoms with Crippen LogP contribution >= 0.6 is 0 Å². The van der Waals surface area contributed by atoms with Crippen molar-refractivity contribution < 1.29 is 26.5 Å². The molecule has 0 atom stereocenters. The molecule has 0 aromatic rings. The van der Waals surface area contributed by atoms with Crippen molar-refractivity contribution in [2.75, 3.05) is 14.1 Å². The number of imide groups is 1. The van der Waals surface area contributed by atoms with Crippen LogP contribution in [0.1, 0.15) is 219 Å². The van der Waals surface area contributed by atoms with Gasteiger partial charge in [-0.15, -0.1) is 0 Å². The molecule has 252 valence electrons. The largest absolute Gasteiger partial charge is 1.00 e. The van der Waals surface area contributed by atoms with E-state index in [9.17, 15) is 9.59 Å². The summed E-state index contributed by atoms with van der Waals surface area (Å²) in [6, 6.07) is 0. The van der Waals surface area contributed by atoms with Gasteiger partial charge in [-0.05, 0) is 12.8 Å². The van der Waals surface area contributed by atoms with Crippen molar-refractivity contribution in [1.29, 1.82) is 0 Å². The van der Waals surface area contributed by atoms with E-state index in [1.165, 1.54) is 167 Å². The number of halogens is 1. The highest BCUT2D eigenvalue weighted by atomic mass is 35.5. The minimum absolute atomic E-state index is 0. The van der Waals surface area contributed by atoms with Gasteiger partial charge >= 0.3 is 11.8 Å². The van der Waals surface area contributed by atoms with Crippen molar-refractivity contribution in [3.8, 4) is 0 Å². The van der Waals surface area contributed by atoms with Gasteiger partial charge in [0.25, 0.3) is 0 Å². The summed E-state index contributed by atoms with van der Waals surface area (Å²) >= 11 is 0. The molecule has 0 saturated carbocycles. The topological polar surface area (TPSA) is 34.1 Å². The molecule has 0 bridgehead atoms. The van der Waals surface area contributed by atoms with Crippen LogP contribution in [-0.4, -0.2) is 30.4 Å². The van der Waals surface area contributed by atoms with Crippen molar-refractivity contribution in [2.24, 2.45) is 0 Å². The second-order valence-corrected chi connectivity index (χ2v) is 13.6. The number of carbonyl (C=O) groups is 2. The van der Waals surface area contributed by atoms with E-state index in [-0.39, 0.29) is 28.7 Å². The fraction of sp³-hybridized carbons (Fsp3) is 0.947. The normalized spacial score (nSPS) is 11.5. The molecule has 0 aliphatic carbocycles. The monoisotopic (exact) mass is 614 g/mol. The fourth-order valence-electron chi connectivity index (χ4n) is 5.99. The van der Waals surface area contributed by atoms with E-state index < -0.39 is 0 Å². The first kappa shape index (κ1) is 43.7. The Morgan fingerprint density at radius 1 is 0.333 bits per heavy atom. The quantitative estimate of drug-likeness (QED) is 0.0559. The van der Waals surface area contributed by atoms with Crippen molar-refractivity contribution in [1.82, 2.24) is 0 Å². The third-order valence-corrected chi connectivity index (χ3v) is 9.24. The molecule has 0 fully saturated rings. The zero-order valence-corrected chi connectivity index (χ0v) is 30.0. The summed E-state index contributed by atoms with van der Waals surface area (Å²) in [5.74, 6) is 0.205. The molecule has 0 spiro atoms. The van der Waals surface area contributed by atoms with Crippen molar-refractivity contribution in [2.45, 2.75) is 219 Å². The lowest BCUT2D eigenvalue weighted by Gasteiger charge is -2.24. The Morgan fingerprint density at radius 2 is 0.500 bits per heavy atom. The molecule has 0 N–H and O–H groups in total. The van der Waals surface area contributed by atoms with E-state index in [0.29, 0.717) is 12.8 Å². The van der Waals surface area contributed by atoms with E-state index in [2.05, 4.69) is 13.8 Å². The van der Waals surface area contributed by atoms with Crippen molar-refractivity contribution >= 4 is 11.8 Å². The Hall–Kier alpha value is -0.410. The van der Waals surface area contributed by atoms with Crippen LogP contribution in [-0.2, 0) is 9.59 Å². The number of unbranched alkanes of at least 4 members (excludes halogenated alkanes) is 28. The maximum atomic E-state index is 12.8. The Labute approximate surface area is 271 Å². The highest BCUT2D eigenvalue weighted by molar-refractivity contribution is 5.84. The van der Waals surface area contributed by atoms with E-state index in [0.717, 1.165) is 25.7 Å². The van der Waals surface area contributed by atoms with Crippen LogP contribution in [0.25, 0.3) is 0 Å². The first-order valence-electron chi connectivity index (χ1n) is 18.9. The summed E-state index contributed by atoms with van der Waals surface area (Å²) in [6.07, 6.45) is 41.0. The predicted octanol–water partition coefficient (Wildman–Crippen LogP) is 9.64. The summed E-state index contributed by atoms with van der Waals surface area (Å²) in [4.78, 5) is 25.5. The molecule has 0 unspecified atom stereocenters. The van der Waals surface area contributed by atoms with Gasteiger partial charge in [0.05, 0.1) is 26.9 Å². The van der Waals surface area contributed by atoms with Gasteiger partial charge in [-0.1, -0.05) is 194 Å². The van der Waals surface area contributed by atoms with Crippen LogP contribution in [0.5, 0.6) is 0 Å². The Kier molecular flexibility index (Phi) is 34.9. The molecule has 3 nitrogen and oxygen atoms in total. The van der Waals surface area contributed by atoms with Crippen LogP contribution in [0.2, 0.25) is 0 Å². The predicted molar refractivity (Wildman–Crippen MR) is 181 cm³/mol. The maximum absolute atomic E-state index is 12.8. The van der Waals surface area contributed by atoms with E-state index in [1.807, 2.05) is 0 Å². The standard InChI is InChI=1S/C38H76NO2.ClH/c1-5-7-9-11-13-15-17-19-21-23-25-27-29-31-33-35-37(40)39(3,4)38(41)36-34-32-30-28-26-24-22-20-18-16-14-12-10-8-6-2;/h5-36H2,1-4H3;1H/q+1;/p-1. The molecular formula is C38H76ClNO2. The molecule has 0 radical (unpaired) electrons. The summed E-state index contributed by atoms with van der Waals surface area (Å²) in [5, 5.41) is 0. The second kappa shape index (κ2) is 33.5. The first-order valence-corrected chi connectivity index (χ1v) is 18.9. The van der Waals surface area contributed by atoms with Gasteiger partial charge in [-0.25, -0.2) is 14.1 Å². The Bertz CT molecular complexity index is 529. The lowest BCUT2D eigenvalue weighted by molar-refractivity contribution is -0.736. The van der Waals surface area contributed by atoms with Gasteiger partial charge in [0.15, 0.2) is 0 Å². The van der Waals surface area contributed by atoms with E-state index in [1.54, 1.807) is 14.1 Å². The SMILES string of the molecule is CCCCCCCCCCCCCCCCCC(=O)[N+](C)(C)C(=O)CCCCCCCCCCCCCCCCC.[Cl-].